The van der Waals surface area contributed by atoms with Crippen molar-refractivity contribution in [1.82, 2.24) is 0 Å². The highest BCUT2D eigenvalue weighted by Crippen LogP contribution is 2.43. The highest BCUT2D eigenvalue weighted by molar-refractivity contribution is 5.64. The average Bonchev–Trinajstić information content (AvgIpc) is 2.92. The van der Waals surface area contributed by atoms with Crippen LogP contribution in [0, 0.1) is 46.9 Å². The molecule has 5 rings (SSSR count). The van der Waals surface area contributed by atoms with Gasteiger partial charge in [-0.1, -0.05) is 31.9 Å². The Morgan fingerprint density at radius 3 is 1.95 bits per heavy atom. The minimum absolute atomic E-state index is 0.0761. The normalized spacial score (nSPS) is 30.3. The van der Waals surface area contributed by atoms with Crippen molar-refractivity contribution in [2.24, 2.45) is 23.7 Å². The first-order valence-electron chi connectivity index (χ1n) is 13.8. The summed E-state index contributed by atoms with van der Waals surface area (Å²) in [6.45, 7) is 2.87. The third-order valence-electron chi connectivity index (χ3n) is 8.68. The van der Waals surface area contributed by atoms with E-state index in [2.05, 4.69) is 6.92 Å². The fraction of sp³-hybridized carbons (Fsp3) is 0.600. The van der Waals surface area contributed by atoms with E-state index in [1.54, 1.807) is 0 Å². The van der Waals surface area contributed by atoms with Gasteiger partial charge >= 0.3 is 6.11 Å². The van der Waals surface area contributed by atoms with Crippen LogP contribution in [-0.2, 0) is 14.2 Å². The molecule has 3 fully saturated rings. The Labute approximate surface area is 224 Å². The predicted octanol–water partition coefficient (Wildman–Crippen LogP) is 8.57. The van der Waals surface area contributed by atoms with Crippen molar-refractivity contribution in [1.29, 1.82) is 0 Å². The predicted molar refractivity (Wildman–Crippen MR) is 133 cm³/mol. The minimum Gasteiger partial charge on any atom is -0.348 e. The summed E-state index contributed by atoms with van der Waals surface area (Å²) in [7, 11) is 0. The highest BCUT2D eigenvalue weighted by atomic mass is 19.3. The molecule has 2 aromatic rings. The van der Waals surface area contributed by atoms with Crippen molar-refractivity contribution in [3.8, 4) is 11.1 Å². The highest BCUT2D eigenvalue weighted by Gasteiger charge is 2.45. The van der Waals surface area contributed by atoms with Gasteiger partial charge in [-0.25, -0.2) is 17.6 Å². The minimum atomic E-state index is -3.08. The Morgan fingerprint density at radius 2 is 1.36 bits per heavy atom. The zero-order valence-electron chi connectivity index (χ0n) is 21.9. The molecule has 0 atom stereocenters. The fourth-order valence-corrected chi connectivity index (χ4v) is 6.20. The lowest BCUT2D eigenvalue weighted by Gasteiger charge is -2.39. The van der Waals surface area contributed by atoms with E-state index in [-0.39, 0.29) is 23.0 Å². The molecule has 2 aliphatic carbocycles. The number of hydrogen-bond acceptors (Lipinski definition) is 3. The van der Waals surface area contributed by atoms with Crippen molar-refractivity contribution < 1.29 is 40.6 Å². The third-order valence-corrected chi connectivity index (χ3v) is 8.68. The van der Waals surface area contributed by atoms with Crippen LogP contribution in [0.4, 0.5) is 26.3 Å². The molecular formula is C30H34F6O3. The van der Waals surface area contributed by atoms with Crippen molar-refractivity contribution in [3.63, 3.8) is 0 Å². The summed E-state index contributed by atoms with van der Waals surface area (Å²) in [5.41, 5.74) is 0.216. The summed E-state index contributed by atoms with van der Waals surface area (Å²) in [5.74, 6) is -4.98. The third kappa shape index (κ3) is 6.46. The average molecular weight is 557 g/mol. The van der Waals surface area contributed by atoms with Crippen LogP contribution in [0.5, 0.6) is 0 Å². The first-order chi connectivity index (χ1) is 18.6. The Bertz CT molecular complexity index is 1110. The summed E-state index contributed by atoms with van der Waals surface area (Å²) < 4.78 is 102. The second kappa shape index (κ2) is 11.8. The van der Waals surface area contributed by atoms with Gasteiger partial charge in [-0.15, -0.1) is 0 Å². The number of hydrogen-bond donors (Lipinski definition) is 0. The van der Waals surface area contributed by atoms with Crippen LogP contribution in [-0.4, -0.2) is 25.4 Å². The second-order valence-corrected chi connectivity index (χ2v) is 11.4. The van der Waals surface area contributed by atoms with Crippen LogP contribution in [0.1, 0.15) is 70.1 Å². The van der Waals surface area contributed by atoms with Gasteiger partial charge in [-0.05, 0) is 74.1 Å². The molecule has 1 heterocycles. The Hall–Kier alpha value is -2.10. The van der Waals surface area contributed by atoms with E-state index < -0.39 is 47.7 Å². The Kier molecular flexibility index (Phi) is 8.59. The molecule has 0 radical (unpaired) electrons. The summed E-state index contributed by atoms with van der Waals surface area (Å²) in [6, 6.07) is 5.55. The van der Waals surface area contributed by atoms with E-state index in [1.165, 1.54) is 18.2 Å². The van der Waals surface area contributed by atoms with Gasteiger partial charge in [-0.2, -0.15) is 8.78 Å². The topological polar surface area (TPSA) is 27.7 Å². The molecule has 3 nitrogen and oxygen atoms in total. The lowest BCUT2D eigenvalue weighted by atomic mass is 9.79. The van der Waals surface area contributed by atoms with Gasteiger partial charge in [0, 0.05) is 17.0 Å². The second-order valence-electron chi connectivity index (χ2n) is 11.4. The number of ether oxygens (including phenoxy) is 3. The van der Waals surface area contributed by atoms with Gasteiger partial charge in [0.05, 0.1) is 25.2 Å². The van der Waals surface area contributed by atoms with Crippen molar-refractivity contribution in [2.75, 3.05) is 13.2 Å². The molecule has 1 saturated heterocycles. The molecule has 1 aliphatic heterocycles. The molecule has 2 aromatic carbocycles. The molecule has 0 aromatic heterocycles. The quantitative estimate of drug-likeness (QED) is 0.264. The molecule has 39 heavy (non-hydrogen) atoms. The van der Waals surface area contributed by atoms with Crippen LogP contribution >= 0.6 is 0 Å². The van der Waals surface area contributed by atoms with E-state index in [1.807, 2.05) is 0 Å². The SMILES string of the molecule is CC1CCC(C(F)(F)OC2CCC(C3COC(c4ccc(-c5cc(F)c(F)c(F)c5)c(F)c4)OC3)CC2)CC1. The van der Waals surface area contributed by atoms with Crippen molar-refractivity contribution in [2.45, 2.75) is 76.8 Å². The lowest BCUT2D eigenvalue weighted by Crippen LogP contribution is -2.40. The molecule has 2 saturated carbocycles. The van der Waals surface area contributed by atoms with E-state index >= 15 is 0 Å². The van der Waals surface area contributed by atoms with Crippen LogP contribution < -0.4 is 0 Å². The molecule has 0 unspecified atom stereocenters. The van der Waals surface area contributed by atoms with Crippen LogP contribution in [0.3, 0.4) is 0 Å². The molecule has 0 N–H and O–H groups in total. The summed E-state index contributed by atoms with van der Waals surface area (Å²) in [6.07, 6.45) is 0.980. The monoisotopic (exact) mass is 556 g/mol. The molecule has 0 amide bonds. The smallest absolute Gasteiger partial charge is 0.348 e. The van der Waals surface area contributed by atoms with Crippen molar-refractivity contribution >= 4 is 0 Å². The Morgan fingerprint density at radius 1 is 0.744 bits per heavy atom. The van der Waals surface area contributed by atoms with Gasteiger partial charge in [0.15, 0.2) is 23.7 Å². The van der Waals surface area contributed by atoms with Crippen molar-refractivity contribution in [3.05, 3.63) is 59.2 Å². The zero-order valence-corrected chi connectivity index (χ0v) is 21.9. The van der Waals surface area contributed by atoms with Gasteiger partial charge < -0.3 is 14.2 Å². The summed E-state index contributed by atoms with van der Waals surface area (Å²) in [4.78, 5) is 0. The maximum absolute atomic E-state index is 14.8. The van der Waals surface area contributed by atoms with E-state index in [0.29, 0.717) is 50.4 Å². The number of benzene rings is 2. The summed E-state index contributed by atoms with van der Waals surface area (Å²) >= 11 is 0. The zero-order chi connectivity index (χ0) is 27.7. The first-order valence-corrected chi connectivity index (χ1v) is 13.8. The lowest BCUT2D eigenvalue weighted by molar-refractivity contribution is -0.302. The number of halogens is 6. The number of rotatable bonds is 6. The van der Waals surface area contributed by atoms with Crippen LogP contribution in [0.2, 0.25) is 0 Å². The Balaban J connectivity index is 1.11. The molecule has 9 heteroatoms. The molecular weight excluding hydrogens is 522 g/mol. The van der Waals surface area contributed by atoms with Crippen LogP contribution in [0.15, 0.2) is 30.3 Å². The van der Waals surface area contributed by atoms with Gasteiger partial charge in [0.25, 0.3) is 0 Å². The van der Waals surface area contributed by atoms with Gasteiger partial charge in [-0.3, -0.25) is 0 Å². The molecule has 214 valence electrons. The maximum atomic E-state index is 14.8. The summed E-state index contributed by atoms with van der Waals surface area (Å²) in [5, 5.41) is 0. The van der Waals surface area contributed by atoms with Gasteiger partial charge in [0.2, 0.25) is 0 Å². The molecule has 3 aliphatic rings. The first kappa shape index (κ1) is 28.4. The maximum Gasteiger partial charge on any atom is 0.358 e. The van der Waals surface area contributed by atoms with Crippen LogP contribution in [0.25, 0.3) is 11.1 Å². The molecule has 0 spiro atoms. The largest absolute Gasteiger partial charge is 0.358 e. The standard InChI is InChI=1S/C30H34F6O3/c1-17-2-7-22(8-3-17)30(35,36)39-23-9-4-18(5-10-23)21-15-37-29(38-16-21)19-6-11-24(25(31)12-19)20-13-26(32)28(34)27(33)14-20/h6,11-14,17-18,21-23,29H,2-5,7-10,15-16H2,1H3. The van der Waals surface area contributed by atoms with Gasteiger partial charge in [0.1, 0.15) is 5.82 Å². The van der Waals surface area contributed by atoms with E-state index in [0.717, 1.165) is 37.8 Å². The van der Waals surface area contributed by atoms with E-state index in [9.17, 15) is 26.3 Å². The number of alkyl halides is 2. The fourth-order valence-electron chi connectivity index (χ4n) is 6.20. The van der Waals surface area contributed by atoms with E-state index in [4.69, 9.17) is 14.2 Å². The molecule has 0 bridgehead atoms.